The van der Waals surface area contributed by atoms with E-state index in [-0.39, 0.29) is 0 Å². The second kappa shape index (κ2) is 6.11. The third-order valence-corrected chi connectivity index (χ3v) is 5.68. The number of likely N-dealkylation sites (tertiary alicyclic amines) is 1. The van der Waals surface area contributed by atoms with Gasteiger partial charge in [-0.1, -0.05) is 0 Å². The Balaban J connectivity index is 1.98. The van der Waals surface area contributed by atoms with Gasteiger partial charge in [-0.3, -0.25) is 0 Å². The molecule has 1 aliphatic heterocycles. The Bertz CT molecular complexity index is 540. The Morgan fingerprint density at radius 1 is 1.30 bits per heavy atom. The lowest BCUT2D eigenvalue weighted by atomic mass is 10.2. The molecular formula is C14H23N3O2S. The molecule has 0 amide bonds. The quantitative estimate of drug-likeness (QED) is 0.893. The van der Waals surface area contributed by atoms with Gasteiger partial charge in [0, 0.05) is 32.4 Å². The molecule has 1 aromatic rings. The Hall–Kier alpha value is -1.11. The molecule has 0 saturated carbocycles. The normalized spacial score (nSPS) is 20.5. The van der Waals surface area contributed by atoms with Crippen LogP contribution >= 0.6 is 0 Å². The summed E-state index contributed by atoms with van der Waals surface area (Å²) in [6, 6.07) is 7.52. The van der Waals surface area contributed by atoms with Crippen LogP contribution in [-0.2, 0) is 10.0 Å². The molecule has 1 saturated heterocycles. The average Bonchev–Trinajstić information content (AvgIpc) is 2.82. The summed E-state index contributed by atoms with van der Waals surface area (Å²) in [4.78, 5) is 2.68. The molecule has 1 aromatic carbocycles. The number of sulfonamides is 1. The highest BCUT2D eigenvalue weighted by Gasteiger charge is 2.20. The zero-order valence-corrected chi connectivity index (χ0v) is 13.2. The zero-order valence-electron chi connectivity index (χ0n) is 12.3. The van der Waals surface area contributed by atoms with Crippen molar-refractivity contribution >= 4 is 15.7 Å². The number of hydrogen-bond acceptors (Lipinski definition) is 4. The zero-order chi connectivity index (χ0) is 14.8. The minimum absolute atomic E-state index is 0.325. The molecule has 0 spiro atoms. The Kier molecular flexibility index (Phi) is 4.67. The topological polar surface area (TPSA) is 52.7 Å². The molecular weight excluding hydrogens is 274 g/mol. The second-order valence-corrected chi connectivity index (χ2v) is 7.62. The number of benzene rings is 1. The van der Waals surface area contributed by atoms with Crippen LogP contribution in [0.5, 0.6) is 0 Å². The van der Waals surface area contributed by atoms with Crippen molar-refractivity contribution in [2.45, 2.75) is 23.8 Å². The van der Waals surface area contributed by atoms with E-state index >= 15 is 0 Å². The van der Waals surface area contributed by atoms with Crippen LogP contribution in [0.15, 0.2) is 29.2 Å². The number of rotatable bonds is 5. The lowest BCUT2D eigenvalue weighted by molar-refractivity contribution is 0.322. The third kappa shape index (κ3) is 3.31. The van der Waals surface area contributed by atoms with E-state index in [2.05, 4.69) is 17.3 Å². The van der Waals surface area contributed by atoms with Crippen LogP contribution in [0.4, 0.5) is 5.69 Å². The van der Waals surface area contributed by atoms with Gasteiger partial charge in [0.1, 0.15) is 0 Å². The molecule has 0 aromatic heterocycles. The predicted molar refractivity (Wildman–Crippen MR) is 81.5 cm³/mol. The summed E-state index contributed by atoms with van der Waals surface area (Å²) in [5, 5.41) is 3.37. The Morgan fingerprint density at radius 2 is 1.95 bits per heavy atom. The van der Waals surface area contributed by atoms with Crippen LogP contribution in [0.2, 0.25) is 0 Å². The summed E-state index contributed by atoms with van der Waals surface area (Å²) in [7, 11) is 1.89. The molecule has 0 bridgehead atoms. The first-order chi connectivity index (χ1) is 9.41. The molecule has 20 heavy (non-hydrogen) atoms. The smallest absolute Gasteiger partial charge is 0.242 e. The molecule has 5 nitrogen and oxygen atoms in total. The van der Waals surface area contributed by atoms with E-state index in [1.54, 1.807) is 12.1 Å². The molecule has 0 aliphatic carbocycles. The van der Waals surface area contributed by atoms with Crippen LogP contribution in [0.1, 0.15) is 12.8 Å². The first kappa shape index (κ1) is 15.3. The van der Waals surface area contributed by atoms with Crippen molar-refractivity contribution in [2.24, 2.45) is 0 Å². The highest BCUT2D eigenvalue weighted by molar-refractivity contribution is 7.89. The monoisotopic (exact) mass is 297 g/mol. The first-order valence-electron chi connectivity index (χ1n) is 6.88. The summed E-state index contributed by atoms with van der Waals surface area (Å²) in [5.74, 6) is 0. The molecule has 1 N–H and O–H groups in total. The minimum Gasteiger partial charge on any atom is -0.383 e. The maximum absolute atomic E-state index is 12.0. The number of nitrogens with one attached hydrogen (secondary N) is 1. The van der Waals surface area contributed by atoms with E-state index in [0.29, 0.717) is 10.9 Å². The van der Waals surface area contributed by atoms with E-state index in [0.717, 1.165) is 18.8 Å². The second-order valence-electron chi connectivity index (χ2n) is 5.47. The molecule has 1 fully saturated rings. The van der Waals surface area contributed by atoms with Gasteiger partial charge < -0.3 is 10.2 Å². The number of anilines is 1. The number of nitrogens with zero attached hydrogens (tertiary/aromatic N) is 2. The van der Waals surface area contributed by atoms with Crippen molar-refractivity contribution in [3.05, 3.63) is 24.3 Å². The first-order valence-corrected chi connectivity index (χ1v) is 8.32. The highest BCUT2D eigenvalue weighted by Crippen LogP contribution is 2.18. The van der Waals surface area contributed by atoms with Crippen LogP contribution < -0.4 is 5.32 Å². The third-order valence-electron chi connectivity index (χ3n) is 3.85. The van der Waals surface area contributed by atoms with Crippen molar-refractivity contribution in [3.63, 3.8) is 0 Å². The maximum Gasteiger partial charge on any atom is 0.242 e. The van der Waals surface area contributed by atoms with E-state index in [9.17, 15) is 8.42 Å². The lowest BCUT2D eigenvalue weighted by Crippen LogP contribution is -2.31. The summed E-state index contributed by atoms with van der Waals surface area (Å²) in [6.45, 7) is 2.06. The molecule has 1 atom stereocenters. The van der Waals surface area contributed by atoms with Crippen LogP contribution in [0.3, 0.4) is 0 Å². The maximum atomic E-state index is 12.0. The van der Waals surface area contributed by atoms with Gasteiger partial charge in [0.2, 0.25) is 10.0 Å². The molecule has 112 valence electrons. The Morgan fingerprint density at radius 3 is 2.45 bits per heavy atom. The SMILES string of the molecule is CN1CCCC1CNc1ccc(S(=O)(=O)N(C)C)cc1. The van der Waals surface area contributed by atoms with Gasteiger partial charge in [-0.05, 0) is 50.7 Å². The van der Waals surface area contributed by atoms with Crippen molar-refractivity contribution in [1.29, 1.82) is 0 Å². The van der Waals surface area contributed by atoms with E-state index < -0.39 is 10.0 Å². The van der Waals surface area contributed by atoms with E-state index in [4.69, 9.17) is 0 Å². The summed E-state index contributed by atoms with van der Waals surface area (Å²) < 4.78 is 25.1. The minimum atomic E-state index is -3.34. The fourth-order valence-corrected chi connectivity index (χ4v) is 3.33. The van der Waals surface area contributed by atoms with Gasteiger partial charge >= 0.3 is 0 Å². The molecule has 6 heteroatoms. The van der Waals surface area contributed by atoms with Gasteiger partial charge in [-0.15, -0.1) is 0 Å². The predicted octanol–water partition coefficient (Wildman–Crippen LogP) is 1.44. The van der Waals surface area contributed by atoms with Crippen molar-refractivity contribution in [3.8, 4) is 0 Å². The van der Waals surface area contributed by atoms with Gasteiger partial charge in [0.25, 0.3) is 0 Å². The summed E-state index contributed by atoms with van der Waals surface area (Å²) in [6.07, 6.45) is 2.47. The van der Waals surface area contributed by atoms with Crippen LogP contribution in [-0.4, -0.2) is 57.9 Å². The van der Waals surface area contributed by atoms with Crippen LogP contribution in [0, 0.1) is 0 Å². The van der Waals surface area contributed by atoms with Gasteiger partial charge in [0.05, 0.1) is 4.90 Å². The van der Waals surface area contributed by atoms with E-state index in [1.807, 2.05) is 12.1 Å². The van der Waals surface area contributed by atoms with Gasteiger partial charge in [0.15, 0.2) is 0 Å². The fourth-order valence-electron chi connectivity index (χ4n) is 2.43. The molecule has 2 rings (SSSR count). The fraction of sp³-hybridized carbons (Fsp3) is 0.571. The van der Waals surface area contributed by atoms with Crippen molar-refractivity contribution < 1.29 is 8.42 Å². The van der Waals surface area contributed by atoms with Crippen LogP contribution in [0.25, 0.3) is 0 Å². The number of likely N-dealkylation sites (N-methyl/N-ethyl adjacent to an activating group) is 1. The van der Waals surface area contributed by atoms with Gasteiger partial charge in [-0.25, -0.2) is 12.7 Å². The molecule has 1 unspecified atom stereocenters. The number of hydrogen-bond donors (Lipinski definition) is 1. The van der Waals surface area contributed by atoms with Crippen molar-refractivity contribution in [1.82, 2.24) is 9.21 Å². The molecule has 0 radical (unpaired) electrons. The standard InChI is InChI=1S/C14H23N3O2S/c1-16(2)20(18,19)14-8-6-12(7-9-14)15-11-13-5-4-10-17(13)3/h6-9,13,15H,4-5,10-11H2,1-3H3. The van der Waals surface area contributed by atoms with Gasteiger partial charge in [-0.2, -0.15) is 0 Å². The molecule has 1 heterocycles. The Labute approximate surface area is 121 Å². The molecule has 1 aliphatic rings. The summed E-state index contributed by atoms with van der Waals surface area (Å²) in [5.41, 5.74) is 0.961. The highest BCUT2D eigenvalue weighted by atomic mass is 32.2. The average molecular weight is 297 g/mol. The largest absolute Gasteiger partial charge is 0.383 e. The summed E-state index contributed by atoms with van der Waals surface area (Å²) >= 11 is 0. The van der Waals surface area contributed by atoms with Crippen molar-refractivity contribution in [2.75, 3.05) is 39.5 Å². The van der Waals surface area contributed by atoms with E-state index in [1.165, 1.54) is 31.2 Å². The lowest BCUT2D eigenvalue weighted by Gasteiger charge is -2.20.